The number of ether oxygens (including phenoxy) is 2. The Bertz CT molecular complexity index is 596. The van der Waals surface area contributed by atoms with Crippen molar-refractivity contribution in [2.75, 3.05) is 6.61 Å². The number of alkyl halides is 9. The molecule has 0 aliphatic rings. The number of carbonyl (C=O) groups excluding carboxylic acids is 2. The topological polar surface area (TPSA) is 52.6 Å². The summed E-state index contributed by atoms with van der Waals surface area (Å²) in [4.78, 5) is 22.2. The van der Waals surface area contributed by atoms with E-state index >= 15 is 0 Å². The van der Waals surface area contributed by atoms with Crippen molar-refractivity contribution in [1.82, 2.24) is 0 Å². The Balaban J connectivity index is 5.63. The van der Waals surface area contributed by atoms with Gasteiger partial charge in [0.15, 0.2) is 0 Å². The number of esters is 2. The Morgan fingerprint density at radius 1 is 1.00 bits per heavy atom. The first-order chi connectivity index (χ1) is 11.9. The zero-order valence-corrected chi connectivity index (χ0v) is 13.5. The number of halogens is 9. The van der Waals surface area contributed by atoms with Crippen LogP contribution in [0.4, 0.5) is 39.5 Å². The van der Waals surface area contributed by atoms with Gasteiger partial charge in [-0.2, -0.15) is 39.5 Å². The third-order valence-electron chi connectivity index (χ3n) is 2.89. The van der Waals surface area contributed by atoms with Crippen molar-refractivity contribution < 1.29 is 58.6 Å². The maximum Gasteiger partial charge on any atom is 0.460 e. The summed E-state index contributed by atoms with van der Waals surface area (Å²) in [7, 11) is 0. The molecule has 0 heterocycles. The molecule has 0 aromatic rings. The molecule has 27 heavy (non-hydrogen) atoms. The molecule has 0 radical (unpaired) electrons. The summed E-state index contributed by atoms with van der Waals surface area (Å²) in [6.07, 6.45) is -11.6. The van der Waals surface area contributed by atoms with E-state index in [0.717, 1.165) is 6.92 Å². The molecule has 0 aromatic heterocycles. The van der Waals surface area contributed by atoms with Crippen LogP contribution in [-0.4, -0.2) is 48.6 Å². The predicted molar refractivity (Wildman–Crippen MR) is 71.4 cm³/mol. The highest BCUT2D eigenvalue weighted by atomic mass is 19.4. The van der Waals surface area contributed by atoms with Crippen LogP contribution in [-0.2, 0) is 19.1 Å². The third kappa shape index (κ3) is 5.63. The SMILES string of the molecule is C=CC(=O)OC(COC(=O)C(=C)C)CC(F)(F)C(F)(F)C(F)(F)C(F)(F)F. The van der Waals surface area contributed by atoms with Crippen molar-refractivity contribution in [3.05, 3.63) is 24.8 Å². The van der Waals surface area contributed by atoms with Crippen molar-refractivity contribution >= 4 is 11.9 Å². The Labute approximate surface area is 146 Å². The van der Waals surface area contributed by atoms with Crippen LogP contribution in [0, 0.1) is 0 Å². The van der Waals surface area contributed by atoms with Crippen molar-refractivity contribution in [3.8, 4) is 0 Å². The zero-order chi connectivity index (χ0) is 21.8. The van der Waals surface area contributed by atoms with Crippen molar-refractivity contribution in [2.24, 2.45) is 0 Å². The number of hydrogen-bond acceptors (Lipinski definition) is 4. The molecule has 1 atom stereocenters. The van der Waals surface area contributed by atoms with E-state index in [2.05, 4.69) is 22.6 Å². The summed E-state index contributed by atoms with van der Waals surface area (Å²) < 4.78 is 124. The highest BCUT2D eigenvalue weighted by Gasteiger charge is 2.81. The monoisotopic (exact) mass is 416 g/mol. The summed E-state index contributed by atoms with van der Waals surface area (Å²) in [5, 5.41) is 0. The van der Waals surface area contributed by atoms with E-state index in [4.69, 9.17) is 0 Å². The van der Waals surface area contributed by atoms with Crippen LogP contribution in [0.1, 0.15) is 13.3 Å². The fraction of sp³-hybridized carbons (Fsp3) is 0.571. The molecule has 13 heteroatoms. The molecule has 0 spiro atoms. The molecule has 0 aromatic carbocycles. The summed E-state index contributed by atoms with van der Waals surface area (Å²) in [5.41, 5.74) is -0.288. The first-order valence-corrected chi connectivity index (χ1v) is 6.76. The van der Waals surface area contributed by atoms with Gasteiger partial charge in [0.2, 0.25) is 0 Å². The number of hydrogen-bond donors (Lipinski definition) is 0. The fourth-order valence-electron chi connectivity index (χ4n) is 1.46. The molecule has 4 nitrogen and oxygen atoms in total. The van der Waals surface area contributed by atoms with Gasteiger partial charge in [0.05, 0.1) is 6.42 Å². The van der Waals surface area contributed by atoms with Crippen LogP contribution in [0.15, 0.2) is 24.8 Å². The minimum absolute atomic E-state index is 0.288. The largest absolute Gasteiger partial charge is 0.460 e. The van der Waals surface area contributed by atoms with E-state index in [1.807, 2.05) is 0 Å². The minimum Gasteiger partial charge on any atom is -0.458 e. The van der Waals surface area contributed by atoms with E-state index in [1.54, 1.807) is 0 Å². The van der Waals surface area contributed by atoms with Gasteiger partial charge in [0.25, 0.3) is 0 Å². The lowest BCUT2D eigenvalue weighted by molar-refractivity contribution is -0.398. The predicted octanol–water partition coefficient (Wildman–Crippen LogP) is 4.06. The normalized spacial score (nSPS) is 14.3. The van der Waals surface area contributed by atoms with Gasteiger partial charge in [-0.05, 0) is 6.92 Å². The molecule has 0 saturated heterocycles. The lowest BCUT2D eigenvalue weighted by Gasteiger charge is -2.34. The van der Waals surface area contributed by atoms with Crippen LogP contribution in [0.3, 0.4) is 0 Å². The Kier molecular flexibility index (Phi) is 7.54. The van der Waals surface area contributed by atoms with Crippen molar-refractivity contribution in [1.29, 1.82) is 0 Å². The highest BCUT2D eigenvalue weighted by Crippen LogP contribution is 2.54. The molecule has 0 aliphatic carbocycles. The smallest absolute Gasteiger partial charge is 0.458 e. The van der Waals surface area contributed by atoms with E-state index in [0.29, 0.717) is 6.08 Å². The first kappa shape index (κ1) is 24.8. The standard InChI is InChI=1S/C14H13F9O4/c1-4-9(24)27-8(6-26-10(25)7(2)3)5-11(15,16)12(17,18)13(19,20)14(21,22)23/h4,8H,1-2,5-6H2,3H3. The van der Waals surface area contributed by atoms with Gasteiger partial charge < -0.3 is 9.47 Å². The van der Waals surface area contributed by atoms with Crippen molar-refractivity contribution in [2.45, 2.75) is 43.4 Å². The van der Waals surface area contributed by atoms with Crippen molar-refractivity contribution in [3.63, 3.8) is 0 Å². The van der Waals surface area contributed by atoms with Gasteiger partial charge >= 0.3 is 35.9 Å². The van der Waals surface area contributed by atoms with Gasteiger partial charge in [0, 0.05) is 11.6 Å². The van der Waals surface area contributed by atoms with Crippen LogP contribution in [0.25, 0.3) is 0 Å². The first-order valence-electron chi connectivity index (χ1n) is 6.76. The van der Waals surface area contributed by atoms with Crippen LogP contribution < -0.4 is 0 Å². The van der Waals surface area contributed by atoms with E-state index < -0.39 is 55.0 Å². The second-order valence-corrected chi connectivity index (χ2v) is 5.20. The summed E-state index contributed by atoms with van der Waals surface area (Å²) in [6.45, 7) is 5.70. The molecule has 156 valence electrons. The second-order valence-electron chi connectivity index (χ2n) is 5.20. The average Bonchev–Trinajstić information content (AvgIpc) is 2.49. The Morgan fingerprint density at radius 3 is 1.85 bits per heavy atom. The van der Waals surface area contributed by atoms with Gasteiger partial charge in [-0.3, -0.25) is 0 Å². The second kappa shape index (κ2) is 8.21. The molecular formula is C14H13F9O4. The zero-order valence-electron chi connectivity index (χ0n) is 13.5. The maximum atomic E-state index is 13.6. The minimum atomic E-state index is -7.09. The molecular weight excluding hydrogens is 403 g/mol. The lowest BCUT2D eigenvalue weighted by Crippen LogP contribution is -2.61. The molecule has 0 bridgehead atoms. The van der Waals surface area contributed by atoms with Crippen LogP contribution in [0.5, 0.6) is 0 Å². The Hall–Kier alpha value is -2.21. The summed E-state index contributed by atoms with van der Waals surface area (Å²) >= 11 is 0. The molecule has 0 N–H and O–H groups in total. The van der Waals surface area contributed by atoms with Crippen LogP contribution in [0.2, 0.25) is 0 Å². The van der Waals surface area contributed by atoms with E-state index in [1.165, 1.54) is 0 Å². The average molecular weight is 416 g/mol. The Morgan fingerprint density at radius 2 is 1.48 bits per heavy atom. The molecule has 1 unspecified atom stereocenters. The van der Waals surface area contributed by atoms with Gasteiger partial charge in [-0.25, -0.2) is 9.59 Å². The third-order valence-corrected chi connectivity index (χ3v) is 2.89. The van der Waals surface area contributed by atoms with E-state index in [-0.39, 0.29) is 5.57 Å². The fourth-order valence-corrected chi connectivity index (χ4v) is 1.46. The molecule has 0 amide bonds. The molecule has 0 saturated carbocycles. The maximum absolute atomic E-state index is 13.6. The van der Waals surface area contributed by atoms with Gasteiger partial charge in [0.1, 0.15) is 12.7 Å². The summed E-state index contributed by atoms with van der Waals surface area (Å²) in [6, 6.07) is 0. The number of carbonyl (C=O) groups is 2. The summed E-state index contributed by atoms with van der Waals surface area (Å²) in [5.74, 6) is -22.7. The molecule has 0 rings (SSSR count). The molecule has 0 fully saturated rings. The lowest BCUT2D eigenvalue weighted by atomic mass is 9.98. The molecule has 0 aliphatic heterocycles. The van der Waals surface area contributed by atoms with Gasteiger partial charge in [-0.1, -0.05) is 13.2 Å². The van der Waals surface area contributed by atoms with E-state index in [9.17, 15) is 49.1 Å². The van der Waals surface area contributed by atoms with Crippen LogP contribution >= 0.6 is 0 Å². The quantitative estimate of drug-likeness (QED) is 0.323. The van der Waals surface area contributed by atoms with Gasteiger partial charge in [-0.15, -0.1) is 0 Å². The highest BCUT2D eigenvalue weighted by molar-refractivity contribution is 5.87. The number of rotatable bonds is 9.